The number of anilines is 1. The van der Waals surface area contributed by atoms with E-state index >= 15 is 0 Å². The normalized spacial score (nSPS) is 27.5. The van der Waals surface area contributed by atoms with E-state index in [4.69, 9.17) is 4.74 Å². The van der Waals surface area contributed by atoms with Gasteiger partial charge in [-0.05, 0) is 43.7 Å². The maximum absolute atomic E-state index is 13.8. The van der Waals surface area contributed by atoms with Crippen molar-refractivity contribution in [3.8, 4) is 0 Å². The van der Waals surface area contributed by atoms with E-state index in [-0.39, 0.29) is 36.9 Å². The molecule has 1 aliphatic carbocycles. The average Bonchev–Trinajstić information content (AvgIpc) is 3.03. The number of ether oxygens (including phenoxy) is 1. The fourth-order valence-electron chi connectivity index (χ4n) is 5.32. The average molecular weight is 457 g/mol. The minimum absolute atomic E-state index is 0.0722. The first-order chi connectivity index (χ1) is 15.6. The van der Waals surface area contributed by atoms with Crippen LogP contribution in [0.15, 0.2) is 30.4 Å². The van der Waals surface area contributed by atoms with Crippen LogP contribution in [0, 0.1) is 43.4 Å². The second-order valence-electron chi connectivity index (χ2n) is 9.57. The van der Waals surface area contributed by atoms with Crippen LogP contribution in [-0.4, -0.2) is 53.1 Å². The van der Waals surface area contributed by atoms with Crippen LogP contribution in [-0.2, 0) is 19.1 Å². The quantitative estimate of drug-likeness (QED) is 0.486. The van der Waals surface area contributed by atoms with E-state index in [1.807, 2.05) is 65.0 Å². The lowest BCUT2D eigenvalue weighted by Crippen LogP contribution is -2.52. The third-order valence-corrected chi connectivity index (χ3v) is 7.08. The summed E-state index contributed by atoms with van der Waals surface area (Å²) in [5, 5.41) is 13.2. The van der Waals surface area contributed by atoms with Crippen LogP contribution >= 0.6 is 0 Å². The van der Waals surface area contributed by atoms with Crippen molar-refractivity contribution in [2.24, 2.45) is 29.6 Å². The number of allylic oxidation sites excluding steroid dienone is 1. The molecule has 7 nitrogen and oxygen atoms in total. The van der Waals surface area contributed by atoms with Gasteiger partial charge in [0.25, 0.3) is 0 Å². The van der Waals surface area contributed by atoms with Crippen molar-refractivity contribution in [3.63, 3.8) is 0 Å². The molecule has 6 atom stereocenters. The van der Waals surface area contributed by atoms with E-state index in [9.17, 15) is 19.5 Å². The third-order valence-electron chi connectivity index (χ3n) is 7.08. The van der Waals surface area contributed by atoms with Gasteiger partial charge in [-0.2, -0.15) is 0 Å². The molecular formula is C26H36N2O5. The standard InChI is InChI=1S/C26H36N2O5/c1-7-33-26(32)20-15(4)11-12-18-21(20)25(31)28(19(13-29)14(2)3)23(18)24(30)27-22-16(5)9-8-10-17(22)6/h8-12,14-15,18-21,23,29H,7,13H2,1-6H3,(H,27,30)/t15-,18+,19+,20-,21+,23+/m1/s1. The van der Waals surface area contributed by atoms with E-state index in [0.29, 0.717) is 0 Å². The SMILES string of the molecule is CCOC(=O)[C@H]1[C@H]2C(=O)N([C@@H](CO)C(C)C)[C@H](C(=O)Nc3c(C)cccc3C)[C@H]2C=C[C@H]1C. The fraction of sp³-hybridized carbons (Fsp3) is 0.577. The number of nitrogens with one attached hydrogen (secondary N) is 1. The number of hydrogen-bond acceptors (Lipinski definition) is 5. The van der Waals surface area contributed by atoms with Crippen LogP contribution in [0.25, 0.3) is 0 Å². The Labute approximate surface area is 196 Å². The lowest BCUT2D eigenvalue weighted by Gasteiger charge is -2.35. The Balaban J connectivity index is 2.06. The van der Waals surface area contributed by atoms with Gasteiger partial charge < -0.3 is 20.1 Å². The maximum atomic E-state index is 13.8. The predicted molar refractivity (Wildman–Crippen MR) is 126 cm³/mol. The van der Waals surface area contributed by atoms with Crippen LogP contribution < -0.4 is 5.32 Å². The van der Waals surface area contributed by atoms with Crippen molar-refractivity contribution in [3.05, 3.63) is 41.5 Å². The molecule has 1 aromatic rings. The Hall–Kier alpha value is -2.67. The van der Waals surface area contributed by atoms with E-state index in [1.165, 1.54) is 4.90 Å². The molecule has 7 heteroatoms. The second kappa shape index (κ2) is 10.1. The van der Waals surface area contributed by atoms with Crippen LogP contribution in [0.3, 0.4) is 0 Å². The van der Waals surface area contributed by atoms with Gasteiger partial charge >= 0.3 is 5.97 Å². The number of aryl methyl sites for hydroxylation is 2. The Morgan fingerprint density at radius 3 is 2.36 bits per heavy atom. The molecule has 0 spiro atoms. The zero-order valence-corrected chi connectivity index (χ0v) is 20.4. The molecule has 1 fully saturated rings. The first-order valence-corrected chi connectivity index (χ1v) is 11.8. The Morgan fingerprint density at radius 2 is 1.82 bits per heavy atom. The number of carbonyl (C=O) groups is 3. The smallest absolute Gasteiger partial charge is 0.310 e. The highest BCUT2D eigenvalue weighted by molar-refractivity contribution is 6.02. The molecular weight excluding hydrogens is 420 g/mol. The number of fused-ring (bicyclic) bond motifs is 1. The highest BCUT2D eigenvalue weighted by Gasteiger charge is 2.58. The molecule has 1 aromatic carbocycles. The lowest BCUT2D eigenvalue weighted by molar-refractivity contribution is -0.156. The van der Waals surface area contributed by atoms with Gasteiger partial charge in [-0.15, -0.1) is 0 Å². The lowest BCUT2D eigenvalue weighted by atomic mass is 9.70. The maximum Gasteiger partial charge on any atom is 0.310 e. The summed E-state index contributed by atoms with van der Waals surface area (Å²) in [6.45, 7) is 11.3. The Bertz CT molecular complexity index is 920. The molecule has 33 heavy (non-hydrogen) atoms. The van der Waals surface area contributed by atoms with Gasteiger partial charge in [0, 0.05) is 11.6 Å². The minimum atomic E-state index is -0.832. The summed E-state index contributed by atoms with van der Waals surface area (Å²) in [6, 6.07) is 4.40. The van der Waals surface area contributed by atoms with Crippen molar-refractivity contribution < 1.29 is 24.2 Å². The summed E-state index contributed by atoms with van der Waals surface area (Å²) in [5.74, 6) is -3.12. The first-order valence-electron chi connectivity index (χ1n) is 11.8. The van der Waals surface area contributed by atoms with Crippen LogP contribution in [0.2, 0.25) is 0 Å². The summed E-state index contributed by atoms with van der Waals surface area (Å²) in [6.07, 6.45) is 3.80. The minimum Gasteiger partial charge on any atom is -0.466 e. The summed E-state index contributed by atoms with van der Waals surface area (Å²) >= 11 is 0. The van der Waals surface area contributed by atoms with Gasteiger partial charge in [-0.3, -0.25) is 14.4 Å². The molecule has 0 unspecified atom stereocenters. The number of hydrogen-bond donors (Lipinski definition) is 2. The van der Waals surface area contributed by atoms with Gasteiger partial charge in [0.15, 0.2) is 0 Å². The monoisotopic (exact) mass is 456 g/mol. The number of aliphatic hydroxyl groups is 1. The highest BCUT2D eigenvalue weighted by Crippen LogP contribution is 2.46. The van der Waals surface area contributed by atoms with Gasteiger partial charge in [0.05, 0.1) is 31.1 Å². The zero-order chi connectivity index (χ0) is 24.4. The van der Waals surface area contributed by atoms with Gasteiger partial charge in [0.1, 0.15) is 6.04 Å². The van der Waals surface area contributed by atoms with E-state index in [0.717, 1.165) is 16.8 Å². The van der Waals surface area contributed by atoms with Crippen LogP contribution in [0.4, 0.5) is 5.69 Å². The zero-order valence-electron chi connectivity index (χ0n) is 20.4. The topological polar surface area (TPSA) is 95.9 Å². The predicted octanol–water partition coefficient (Wildman–Crippen LogP) is 3.09. The molecule has 180 valence electrons. The summed E-state index contributed by atoms with van der Waals surface area (Å²) < 4.78 is 5.31. The molecule has 1 saturated heterocycles. The third kappa shape index (κ3) is 4.56. The van der Waals surface area contributed by atoms with Crippen molar-refractivity contribution in [1.29, 1.82) is 0 Å². The molecule has 1 heterocycles. The Kier molecular flexibility index (Phi) is 7.62. The summed E-state index contributed by atoms with van der Waals surface area (Å²) in [7, 11) is 0. The largest absolute Gasteiger partial charge is 0.466 e. The summed E-state index contributed by atoms with van der Waals surface area (Å²) in [4.78, 5) is 41.9. The number of nitrogens with zero attached hydrogens (tertiary/aromatic N) is 1. The number of benzene rings is 1. The highest BCUT2D eigenvalue weighted by atomic mass is 16.5. The van der Waals surface area contributed by atoms with E-state index in [1.54, 1.807) is 6.92 Å². The molecule has 2 amide bonds. The first kappa shape index (κ1) is 25.0. The van der Waals surface area contributed by atoms with Gasteiger partial charge in [-0.1, -0.05) is 51.1 Å². The van der Waals surface area contributed by atoms with Crippen LogP contribution in [0.5, 0.6) is 0 Å². The Morgan fingerprint density at radius 1 is 1.18 bits per heavy atom. The molecule has 0 aromatic heterocycles. The summed E-state index contributed by atoms with van der Waals surface area (Å²) in [5.41, 5.74) is 2.57. The van der Waals surface area contributed by atoms with Crippen molar-refractivity contribution >= 4 is 23.5 Å². The number of para-hydroxylation sites is 1. The van der Waals surface area contributed by atoms with Crippen LogP contribution in [0.1, 0.15) is 38.8 Å². The van der Waals surface area contributed by atoms with Gasteiger partial charge in [-0.25, -0.2) is 0 Å². The van der Waals surface area contributed by atoms with Crippen molar-refractivity contribution in [2.45, 2.75) is 53.6 Å². The fourth-order valence-corrected chi connectivity index (χ4v) is 5.32. The molecule has 3 rings (SSSR count). The molecule has 0 saturated carbocycles. The number of carbonyl (C=O) groups excluding carboxylic acids is 3. The molecule has 2 aliphatic rings. The number of aliphatic hydroxyl groups excluding tert-OH is 1. The molecule has 2 N–H and O–H groups in total. The van der Waals surface area contributed by atoms with Crippen molar-refractivity contribution in [2.75, 3.05) is 18.5 Å². The second-order valence-corrected chi connectivity index (χ2v) is 9.57. The molecule has 0 radical (unpaired) electrons. The molecule has 1 aliphatic heterocycles. The van der Waals surface area contributed by atoms with E-state index < -0.39 is 35.8 Å². The number of esters is 1. The number of rotatable bonds is 7. The number of amides is 2. The van der Waals surface area contributed by atoms with E-state index in [2.05, 4.69) is 5.32 Å². The number of likely N-dealkylation sites (tertiary alicyclic amines) is 1. The van der Waals surface area contributed by atoms with Crippen molar-refractivity contribution in [1.82, 2.24) is 4.90 Å². The molecule has 0 bridgehead atoms. The van der Waals surface area contributed by atoms with Gasteiger partial charge in [0.2, 0.25) is 11.8 Å².